The SMILES string of the molecule is CC(=O)[C@@H](CC(=O)C1=C[C@@H](C(C)(C)C)N(S(=O)(=O)c2ccccc2C)C1c1ccc(Cl)cc1)CC(C)C. The van der Waals surface area contributed by atoms with Crippen LogP contribution in [-0.2, 0) is 19.6 Å². The van der Waals surface area contributed by atoms with E-state index in [0.29, 0.717) is 28.1 Å². The molecular weight excluding hydrogens is 506 g/mol. The van der Waals surface area contributed by atoms with Gasteiger partial charge in [0.15, 0.2) is 5.78 Å². The molecule has 1 aliphatic rings. The van der Waals surface area contributed by atoms with Crippen LogP contribution in [-0.4, -0.2) is 30.3 Å². The van der Waals surface area contributed by atoms with Crippen LogP contribution in [0.2, 0.25) is 5.02 Å². The van der Waals surface area contributed by atoms with Crippen LogP contribution in [0.15, 0.2) is 65.1 Å². The van der Waals surface area contributed by atoms with Crippen LogP contribution in [0.1, 0.15) is 71.6 Å². The number of aryl methyl sites for hydroxylation is 1. The first-order chi connectivity index (χ1) is 17.1. The Morgan fingerprint density at radius 3 is 2.14 bits per heavy atom. The van der Waals surface area contributed by atoms with E-state index in [1.807, 2.05) is 40.7 Å². The van der Waals surface area contributed by atoms with Gasteiger partial charge < -0.3 is 0 Å². The molecule has 2 aromatic carbocycles. The lowest BCUT2D eigenvalue weighted by molar-refractivity contribution is -0.125. The van der Waals surface area contributed by atoms with Crippen LogP contribution in [0.3, 0.4) is 0 Å². The molecule has 1 aliphatic heterocycles. The van der Waals surface area contributed by atoms with Gasteiger partial charge >= 0.3 is 0 Å². The van der Waals surface area contributed by atoms with Crippen LogP contribution >= 0.6 is 11.6 Å². The monoisotopic (exact) mass is 543 g/mol. The highest BCUT2D eigenvalue weighted by Crippen LogP contribution is 2.47. The quantitative estimate of drug-likeness (QED) is 0.343. The van der Waals surface area contributed by atoms with Crippen molar-refractivity contribution in [1.29, 1.82) is 0 Å². The van der Waals surface area contributed by atoms with Gasteiger partial charge in [0.2, 0.25) is 10.0 Å². The lowest BCUT2D eigenvalue weighted by Gasteiger charge is -2.37. The van der Waals surface area contributed by atoms with Crippen LogP contribution < -0.4 is 0 Å². The second-order valence-electron chi connectivity index (χ2n) is 11.6. The molecule has 7 heteroatoms. The van der Waals surface area contributed by atoms with E-state index in [-0.39, 0.29) is 28.8 Å². The molecule has 0 bridgehead atoms. The predicted molar refractivity (Wildman–Crippen MR) is 149 cm³/mol. The summed E-state index contributed by atoms with van der Waals surface area (Å²) < 4.78 is 30.1. The molecule has 0 radical (unpaired) electrons. The maximum atomic E-state index is 14.3. The van der Waals surface area contributed by atoms with Crippen molar-refractivity contribution in [3.05, 3.63) is 76.3 Å². The highest BCUT2D eigenvalue weighted by atomic mass is 35.5. The molecule has 0 spiro atoms. The van der Waals surface area contributed by atoms with Gasteiger partial charge in [-0.05, 0) is 60.9 Å². The van der Waals surface area contributed by atoms with E-state index in [1.54, 1.807) is 55.5 Å². The summed E-state index contributed by atoms with van der Waals surface area (Å²) in [5.41, 5.74) is 1.21. The summed E-state index contributed by atoms with van der Waals surface area (Å²) in [6.45, 7) is 13.3. The van der Waals surface area contributed by atoms with E-state index in [0.717, 1.165) is 0 Å². The summed E-state index contributed by atoms with van der Waals surface area (Å²) in [4.78, 5) is 26.5. The first-order valence-corrected chi connectivity index (χ1v) is 14.6. The maximum absolute atomic E-state index is 14.3. The summed E-state index contributed by atoms with van der Waals surface area (Å²) in [6, 6.07) is 12.5. The molecule has 0 saturated heterocycles. The van der Waals surface area contributed by atoms with E-state index < -0.39 is 33.4 Å². The minimum Gasteiger partial charge on any atom is -0.300 e. The Bertz CT molecular complexity index is 1290. The highest BCUT2D eigenvalue weighted by molar-refractivity contribution is 7.89. The van der Waals surface area contributed by atoms with Gasteiger partial charge in [0, 0.05) is 29.0 Å². The lowest BCUT2D eigenvalue weighted by atomic mass is 9.85. The summed E-state index contributed by atoms with van der Waals surface area (Å²) in [6.07, 6.45) is 2.47. The van der Waals surface area contributed by atoms with Gasteiger partial charge in [0.1, 0.15) is 5.78 Å². The Balaban J connectivity index is 2.20. The molecule has 3 rings (SSSR count). The van der Waals surface area contributed by atoms with Gasteiger partial charge in [-0.2, -0.15) is 4.31 Å². The number of benzene rings is 2. The Kier molecular flexibility index (Phi) is 8.88. The van der Waals surface area contributed by atoms with Crippen molar-refractivity contribution in [1.82, 2.24) is 4.31 Å². The first-order valence-electron chi connectivity index (χ1n) is 12.7. The number of sulfonamides is 1. The van der Waals surface area contributed by atoms with Crippen molar-refractivity contribution in [2.45, 2.75) is 78.3 Å². The van der Waals surface area contributed by atoms with Gasteiger partial charge in [-0.1, -0.05) is 82.6 Å². The number of Topliss-reactive ketones (excluding diaryl/α,β-unsaturated/α-hetero) is 2. The van der Waals surface area contributed by atoms with E-state index in [9.17, 15) is 18.0 Å². The average Bonchev–Trinajstić information content (AvgIpc) is 3.21. The molecule has 0 fully saturated rings. The van der Waals surface area contributed by atoms with Crippen LogP contribution in [0.5, 0.6) is 0 Å². The van der Waals surface area contributed by atoms with Gasteiger partial charge in [0.25, 0.3) is 0 Å². The fourth-order valence-electron chi connectivity index (χ4n) is 5.03. The van der Waals surface area contributed by atoms with Crippen LogP contribution in [0.4, 0.5) is 0 Å². The van der Waals surface area contributed by atoms with Crippen LogP contribution in [0.25, 0.3) is 0 Å². The smallest absolute Gasteiger partial charge is 0.244 e. The molecule has 5 nitrogen and oxygen atoms in total. The average molecular weight is 544 g/mol. The molecule has 0 amide bonds. The third-order valence-electron chi connectivity index (χ3n) is 6.97. The molecule has 200 valence electrons. The van der Waals surface area contributed by atoms with Crippen LogP contribution in [0, 0.1) is 24.2 Å². The lowest BCUT2D eigenvalue weighted by Crippen LogP contribution is -2.45. The van der Waals surface area contributed by atoms with Crippen molar-refractivity contribution >= 4 is 33.2 Å². The number of hydrogen-bond acceptors (Lipinski definition) is 4. The molecule has 37 heavy (non-hydrogen) atoms. The molecule has 0 aromatic heterocycles. The zero-order chi connectivity index (χ0) is 27.7. The third kappa shape index (κ3) is 6.42. The molecule has 0 aliphatic carbocycles. The molecule has 2 aromatic rings. The minimum absolute atomic E-state index is 0.0274. The number of carbonyl (C=O) groups is 2. The summed E-state index contributed by atoms with van der Waals surface area (Å²) in [5.74, 6) is -0.376. The topological polar surface area (TPSA) is 71.5 Å². The Labute approximate surface area is 227 Å². The van der Waals surface area contributed by atoms with Crippen molar-refractivity contribution < 1.29 is 18.0 Å². The second kappa shape index (κ2) is 11.2. The fraction of sp³-hybridized carbons (Fsp3) is 0.467. The van der Waals surface area contributed by atoms with Gasteiger partial charge in [0.05, 0.1) is 10.9 Å². The summed E-state index contributed by atoms with van der Waals surface area (Å²) >= 11 is 6.16. The standard InChI is InChI=1S/C30H38ClNO4S/c1-19(2)16-23(21(4)33)17-26(34)25-18-28(30(5,6)7)32(29(25)22-12-14-24(31)15-13-22)37(35,36)27-11-9-8-10-20(27)3/h8-15,18-19,23,28-29H,16-17H2,1-7H3/t23-,28+,29?/m1/s1. The molecule has 0 saturated carbocycles. The van der Waals surface area contributed by atoms with E-state index in [2.05, 4.69) is 0 Å². The van der Waals surface area contributed by atoms with Crippen molar-refractivity contribution in [3.63, 3.8) is 0 Å². The Morgan fingerprint density at radius 2 is 1.62 bits per heavy atom. The summed E-state index contributed by atoms with van der Waals surface area (Å²) in [5, 5.41) is 0.521. The largest absolute Gasteiger partial charge is 0.300 e. The number of hydrogen-bond donors (Lipinski definition) is 0. The number of rotatable bonds is 9. The molecule has 0 N–H and O–H groups in total. The normalized spacial score (nSPS) is 19.6. The second-order valence-corrected chi connectivity index (χ2v) is 13.8. The van der Waals surface area contributed by atoms with E-state index >= 15 is 0 Å². The zero-order valence-electron chi connectivity index (χ0n) is 22.8. The first kappa shape index (κ1) is 29.3. The van der Waals surface area contributed by atoms with Gasteiger partial charge in [-0.25, -0.2) is 8.42 Å². The number of ketones is 2. The predicted octanol–water partition coefficient (Wildman–Crippen LogP) is 6.95. The number of nitrogens with zero attached hydrogens (tertiary/aromatic N) is 1. The fourth-order valence-corrected chi connectivity index (χ4v) is 7.30. The van der Waals surface area contributed by atoms with Crippen molar-refractivity contribution in [2.24, 2.45) is 17.3 Å². The molecular formula is C30H38ClNO4S. The third-order valence-corrected chi connectivity index (χ3v) is 9.23. The van der Waals surface area contributed by atoms with E-state index in [4.69, 9.17) is 11.6 Å². The van der Waals surface area contributed by atoms with E-state index in [1.165, 1.54) is 11.2 Å². The highest BCUT2D eigenvalue weighted by Gasteiger charge is 2.49. The molecule has 3 atom stereocenters. The minimum atomic E-state index is -4.01. The molecule has 1 unspecified atom stereocenters. The number of carbonyl (C=O) groups excluding carboxylic acids is 2. The molecule has 1 heterocycles. The maximum Gasteiger partial charge on any atom is 0.244 e. The summed E-state index contributed by atoms with van der Waals surface area (Å²) in [7, 11) is -4.01. The Hall–Kier alpha value is -2.28. The van der Waals surface area contributed by atoms with Crippen molar-refractivity contribution in [3.8, 4) is 0 Å². The van der Waals surface area contributed by atoms with Crippen molar-refractivity contribution in [2.75, 3.05) is 0 Å². The zero-order valence-corrected chi connectivity index (χ0v) is 24.4. The van der Waals surface area contributed by atoms with Gasteiger partial charge in [-0.3, -0.25) is 9.59 Å². The van der Waals surface area contributed by atoms with Gasteiger partial charge in [-0.15, -0.1) is 0 Å². The number of halogens is 1. The Morgan fingerprint density at radius 1 is 1.03 bits per heavy atom.